The van der Waals surface area contributed by atoms with Gasteiger partial charge in [0, 0.05) is 22.5 Å². The van der Waals surface area contributed by atoms with Crippen LogP contribution in [0.1, 0.15) is 22.2 Å². The number of nitrogens with zero attached hydrogens (tertiary/aromatic N) is 1. The lowest BCUT2D eigenvalue weighted by Crippen LogP contribution is -2.00. The van der Waals surface area contributed by atoms with Crippen LogP contribution in [-0.4, -0.2) is 4.98 Å². The Morgan fingerprint density at radius 1 is 1.29 bits per heavy atom. The van der Waals surface area contributed by atoms with Crippen molar-refractivity contribution >= 4 is 28.6 Å². The van der Waals surface area contributed by atoms with E-state index in [9.17, 15) is 0 Å². The smallest absolute Gasteiger partial charge is 0.152 e. The van der Waals surface area contributed by atoms with Gasteiger partial charge in [-0.15, -0.1) is 11.3 Å². The highest BCUT2D eigenvalue weighted by Gasteiger charge is 2.05. The highest BCUT2D eigenvalue weighted by atomic mass is 35.5. The molecule has 0 radical (unpaired) electrons. The number of thiophene rings is 1. The van der Waals surface area contributed by atoms with Crippen LogP contribution in [0.25, 0.3) is 0 Å². The Hall–Kier alpha value is -1.06. The predicted molar refractivity (Wildman–Crippen MR) is 75.0 cm³/mol. The van der Waals surface area contributed by atoms with Gasteiger partial charge >= 0.3 is 0 Å². The third-order valence-electron chi connectivity index (χ3n) is 2.62. The lowest BCUT2D eigenvalue weighted by Gasteiger charge is -2.09. The molecule has 2 aromatic heterocycles. The first-order valence-electron chi connectivity index (χ1n) is 5.63. The van der Waals surface area contributed by atoms with Gasteiger partial charge in [-0.2, -0.15) is 0 Å². The molecule has 0 atom stereocenters. The number of rotatable bonds is 4. The van der Waals surface area contributed by atoms with Gasteiger partial charge in [0.15, 0.2) is 5.15 Å². The van der Waals surface area contributed by atoms with Crippen LogP contribution in [0.15, 0.2) is 24.4 Å². The largest absolute Gasteiger partial charge is 0.377 e. The molecule has 0 bridgehead atoms. The zero-order valence-electron chi connectivity index (χ0n) is 9.96. The second-order valence-corrected chi connectivity index (χ2v) is 5.48. The van der Waals surface area contributed by atoms with Crippen molar-refractivity contribution in [3.8, 4) is 0 Å². The average Bonchev–Trinajstić information content (AvgIpc) is 2.76. The van der Waals surface area contributed by atoms with Gasteiger partial charge in [-0.05, 0) is 37.1 Å². The van der Waals surface area contributed by atoms with Crippen LogP contribution in [0.2, 0.25) is 5.15 Å². The summed E-state index contributed by atoms with van der Waals surface area (Å²) in [5, 5.41) is 3.89. The standard InChI is InChI=1S/C13H15ClN2S/c1-3-10-4-5-11(17-10)8-16-12-9(2)6-7-15-13(12)14/h4-7,16H,3,8H2,1-2H3. The Bertz CT molecular complexity index is 488. The van der Waals surface area contributed by atoms with E-state index in [4.69, 9.17) is 11.6 Å². The summed E-state index contributed by atoms with van der Waals surface area (Å²) in [5.41, 5.74) is 2.05. The summed E-state index contributed by atoms with van der Waals surface area (Å²) < 4.78 is 0. The van der Waals surface area contributed by atoms with Crippen molar-refractivity contribution in [3.05, 3.63) is 44.9 Å². The zero-order chi connectivity index (χ0) is 12.3. The Morgan fingerprint density at radius 2 is 2.06 bits per heavy atom. The van der Waals surface area contributed by atoms with E-state index in [1.54, 1.807) is 6.20 Å². The van der Waals surface area contributed by atoms with E-state index in [0.29, 0.717) is 5.15 Å². The molecule has 0 amide bonds. The molecule has 90 valence electrons. The molecule has 0 aliphatic carbocycles. The van der Waals surface area contributed by atoms with Crippen LogP contribution in [0.3, 0.4) is 0 Å². The van der Waals surface area contributed by atoms with Crippen molar-refractivity contribution in [3.63, 3.8) is 0 Å². The Morgan fingerprint density at radius 3 is 2.71 bits per heavy atom. The highest BCUT2D eigenvalue weighted by Crippen LogP contribution is 2.24. The Kier molecular flexibility index (Phi) is 4.02. The van der Waals surface area contributed by atoms with E-state index in [1.807, 2.05) is 24.3 Å². The number of pyridine rings is 1. The minimum Gasteiger partial charge on any atom is -0.377 e. The molecule has 0 aromatic carbocycles. The molecule has 2 rings (SSSR count). The number of halogens is 1. The Labute approximate surface area is 111 Å². The predicted octanol–water partition coefficient (Wildman–Crippen LogP) is 4.28. The molecule has 0 spiro atoms. The lowest BCUT2D eigenvalue weighted by atomic mass is 10.2. The molecule has 4 heteroatoms. The number of hydrogen-bond acceptors (Lipinski definition) is 3. The summed E-state index contributed by atoms with van der Waals surface area (Å²) in [7, 11) is 0. The summed E-state index contributed by atoms with van der Waals surface area (Å²) in [6, 6.07) is 6.30. The van der Waals surface area contributed by atoms with E-state index in [1.165, 1.54) is 9.75 Å². The molecule has 0 unspecified atom stereocenters. The topological polar surface area (TPSA) is 24.9 Å². The number of anilines is 1. The first-order valence-corrected chi connectivity index (χ1v) is 6.82. The second kappa shape index (κ2) is 5.52. The first-order chi connectivity index (χ1) is 8.20. The highest BCUT2D eigenvalue weighted by molar-refractivity contribution is 7.12. The fraction of sp³-hybridized carbons (Fsp3) is 0.308. The molecule has 0 aliphatic heterocycles. The minimum atomic E-state index is 0.539. The normalized spacial score (nSPS) is 10.5. The van der Waals surface area contributed by atoms with E-state index < -0.39 is 0 Å². The van der Waals surface area contributed by atoms with E-state index in [0.717, 1.165) is 24.2 Å². The molecule has 17 heavy (non-hydrogen) atoms. The van der Waals surface area contributed by atoms with Crippen molar-refractivity contribution in [2.45, 2.75) is 26.8 Å². The van der Waals surface area contributed by atoms with Crippen molar-refractivity contribution in [2.75, 3.05) is 5.32 Å². The molecular formula is C13H15ClN2S. The fourth-order valence-corrected chi connectivity index (χ4v) is 2.79. The molecule has 2 aromatic rings. The van der Waals surface area contributed by atoms with Gasteiger partial charge in [0.1, 0.15) is 0 Å². The van der Waals surface area contributed by atoms with Gasteiger partial charge in [-0.25, -0.2) is 4.98 Å². The molecule has 2 heterocycles. The maximum atomic E-state index is 6.06. The van der Waals surface area contributed by atoms with E-state index in [-0.39, 0.29) is 0 Å². The molecule has 2 nitrogen and oxygen atoms in total. The molecule has 0 saturated carbocycles. The molecule has 0 aliphatic rings. The van der Waals surface area contributed by atoms with Crippen molar-refractivity contribution < 1.29 is 0 Å². The van der Waals surface area contributed by atoms with Crippen LogP contribution in [0.4, 0.5) is 5.69 Å². The maximum absolute atomic E-state index is 6.06. The Balaban J connectivity index is 2.07. The van der Waals surface area contributed by atoms with Gasteiger partial charge in [-0.3, -0.25) is 0 Å². The summed E-state index contributed by atoms with van der Waals surface area (Å²) in [6.07, 6.45) is 2.82. The molecule has 0 fully saturated rings. The summed E-state index contributed by atoms with van der Waals surface area (Å²) in [5.74, 6) is 0. The third-order valence-corrected chi connectivity index (χ3v) is 4.13. The number of hydrogen-bond donors (Lipinski definition) is 1. The third kappa shape index (κ3) is 2.99. The number of aromatic nitrogens is 1. The summed E-state index contributed by atoms with van der Waals surface area (Å²) >= 11 is 7.90. The van der Waals surface area contributed by atoms with Crippen LogP contribution in [0, 0.1) is 6.92 Å². The lowest BCUT2D eigenvalue weighted by molar-refractivity contribution is 1.16. The van der Waals surface area contributed by atoms with E-state index in [2.05, 4.69) is 29.4 Å². The monoisotopic (exact) mass is 266 g/mol. The zero-order valence-corrected chi connectivity index (χ0v) is 11.5. The average molecular weight is 267 g/mol. The summed E-state index contributed by atoms with van der Waals surface area (Å²) in [6.45, 7) is 5.00. The van der Waals surface area contributed by atoms with E-state index >= 15 is 0 Å². The quantitative estimate of drug-likeness (QED) is 0.836. The fourth-order valence-electron chi connectivity index (χ4n) is 1.62. The van der Waals surface area contributed by atoms with Crippen LogP contribution in [-0.2, 0) is 13.0 Å². The minimum absolute atomic E-state index is 0.539. The maximum Gasteiger partial charge on any atom is 0.152 e. The van der Waals surface area contributed by atoms with Crippen molar-refractivity contribution in [1.82, 2.24) is 4.98 Å². The van der Waals surface area contributed by atoms with Gasteiger partial charge in [0.25, 0.3) is 0 Å². The van der Waals surface area contributed by atoms with Gasteiger partial charge in [0.05, 0.1) is 5.69 Å². The van der Waals surface area contributed by atoms with Crippen LogP contribution in [0.5, 0.6) is 0 Å². The number of aryl methyl sites for hydroxylation is 2. The first kappa shape index (κ1) is 12.4. The van der Waals surface area contributed by atoms with Crippen molar-refractivity contribution in [2.24, 2.45) is 0 Å². The SMILES string of the molecule is CCc1ccc(CNc2c(C)ccnc2Cl)s1. The van der Waals surface area contributed by atoms with Gasteiger partial charge < -0.3 is 5.32 Å². The molecular weight excluding hydrogens is 252 g/mol. The van der Waals surface area contributed by atoms with Gasteiger partial charge in [-0.1, -0.05) is 18.5 Å². The van der Waals surface area contributed by atoms with Crippen LogP contribution < -0.4 is 5.32 Å². The van der Waals surface area contributed by atoms with Crippen molar-refractivity contribution in [1.29, 1.82) is 0 Å². The number of nitrogens with one attached hydrogen (secondary N) is 1. The second-order valence-electron chi connectivity index (χ2n) is 3.87. The molecule has 0 saturated heterocycles. The summed E-state index contributed by atoms with van der Waals surface area (Å²) in [4.78, 5) is 6.81. The van der Waals surface area contributed by atoms with Crippen LogP contribution >= 0.6 is 22.9 Å². The molecule has 1 N–H and O–H groups in total. The van der Waals surface area contributed by atoms with Gasteiger partial charge in [0.2, 0.25) is 0 Å².